The second-order valence-electron chi connectivity index (χ2n) is 7.87. The van der Waals surface area contributed by atoms with Crippen molar-refractivity contribution in [3.8, 4) is 17.2 Å². The van der Waals surface area contributed by atoms with Gasteiger partial charge in [0.15, 0.2) is 0 Å². The van der Waals surface area contributed by atoms with Crippen LogP contribution < -0.4 is 0 Å². The number of rotatable bonds is 5. The van der Waals surface area contributed by atoms with Gasteiger partial charge in [-0.1, -0.05) is 74.9 Å². The number of nitriles is 1. The van der Waals surface area contributed by atoms with Gasteiger partial charge in [-0.2, -0.15) is 5.26 Å². The molecule has 25 heavy (non-hydrogen) atoms. The molecular weight excluding hydrogens is 302 g/mol. The SMILES string of the molecule is CCC(C)CC1(C#N)CCC(c2ccc(-c3ccccc3)cc2)CC1. The molecule has 1 fully saturated rings. The summed E-state index contributed by atoms with van der Waals surface area (Å²) in [4.78, 5) is 0. The van der Waals surface area contributed by atoms with Crippen molar-refractivity contribution in [1.29, 1.82) is 5.26 Å². The van der Waals surface area contributed by atoms with Gasteiger partial charge < -0.3 is 0 Å². The number of hydrogen-bond donors (Lipinski definition) is 0. The molecule has 1 saturated carbocycles. The Hall–Kier alpha value is -2.07. The predicted octanol–water partition coefficient (Wildman–Crippen LogP) is 6.96. The quantitative estimate of drug-likeness (QED) is 0.581. The van der Waals surface area contributed by atoms with Gasteiger partial charge in [0.2, 0.25) is 0 Å². The topological polar surface area (TPSA) is 23.8 Å². The minimum atomic E-state index is -0.0735. The molecule has 0 saturated heterocycles. The molecule has 2 aromatic carbocycles. The molecule has 130 valence electrons. The minimum absolute atomic E-state index is 0.0735. The van der Waals surface area contributed by atoms with Crippen LogP contribution in [0.4, 0.5) is 0 Å². The molecule has 1 heteroatoms. The number of benzene rings is 2. The van der Waals surface area contributed by atoms with Gasteiger partial charge in [-0.15, -0.1) is 0 Å². The highest BCUT2D eigenvalue weighted by molar-refractivity contribution is 5.63. The van der Waals surface area contributed by atoms with E-state index in [2.05, 4.69) is 74.5 Å². The Morgan fingerprint density at radius 1 is 1.00 bits per heavy atom. The van der Waals surface area contributed by atoms with E-state index in [-0.39, 0.29) is 5.41 Å². The summed E-state index contributed by atoms with van der Waals surface area (Å²) in [5.41, 5.74) is 3.92. The molecule has 0 radical (unpaired) electrons. The van der Waals surface area contributed by atoms with Crippen LogP contribution in [0.2, 0.25) is 0 Å². The van der Waals surface area contributed by atoms with Crippen LogP contribution in [0.3, 0.4) is 0 Å². The van der Waals surface area contributed by atoms with Crippen molar-refractivity contribution in [2.24, 2.45) is 11.3 Å². The van der Waals surface area contributed by atoms with Gasteiger partial charge in [-0.05, 0) is 60.6 Å². The van der Waals surface area contributed by atoms with Crippen LogP contribution in [0.1, 0.15) is 63.9 Å². The summed E-state index contributed by atoms with van der Waals surface area (Å²) < 4.78 is 0. The second-order valence-corrected chi connectivity index (χ2v) is 7.87. The van der Waals surface area contributed by atoms with Gasteiger partial charge in [0, 0.05) is 0 Å². The molecule has 1 aliphatic rings. The largest absolute Gasteiger partial charge is 0.198 e. The molecule has 2 aromatic rings. The maximum atomic E-state index is 9.76. The van der Waals surface area contributed by atoms with E-state index in [1.807, 2.05) is 0 Å². The number of hydrogen-bond acceptors (Lipinski definition) is 1. The van der Waals surface area contributed by atoms with Gasteiger partial charge in [0.05, 0.1) is 11.5 Å². The van der Waals surface area contributed by atoms with E-state index in [0.717, 1.165) is 32.1 Å². The van der Waals surface area contributed by atoms with Gasteiger partial charge >= 0.3 is 0 Å². The molecule has 0 bridgehead atoms. The van der Waals surface area contributed by atoms with Crippen molar-refractivity contribution in [2.75, 3.05) is 0 Å². The van der Waals surface area contributed by atoms with Crippen LogP contribution in [0.15, 0.2) is 54.6 Å². The zero-order valence-corrected chi connectivity index (χ0v) is 15.5. The molecule has 0 heterocycles. The van der Waals surface area contributed by atoms with E-state index in [0.29, 0.717) is 11.8 Å². The molecule has 0 N–H and O–H groups in total. The maximum absolute atomic E-state index is 9.76. The fourth-order valence-electron chi connectivity index (χ4n) is 4.25. The smallest absolute Gasteiger partial charge is 0.0689 e. The monoisotopic (exact) mass is 331 g/mol. The third-order valence-electron chi connectivity index (χ3n) is 6.11. The fourth-order valence-corrected chi connectivity index (χ4v) is 4.25. The van der Waals surface area contributed by atoms with Crippen molar-refractivity contribution in [1.82, 2.24) is 0 Å². The second kappa shape index (κ2) is 7.87. The molecule has 1 nitrogen and oxygen atoms in total. The van der Waals surface area contributed by atoms with E-state index in [9.17, 15) is 5.26 Å². The minimum Gasteiger partial charge on any atom is -0.198 e. The highest BCUT2D eigenvalue weighted by Gasteiger charge is 2.36. The van der Waals surface area contributed by atoms with E-state index in [4.69, 9.17) is 0 Å². The summed E-state index contributed by atoms with van der Waals surface area (Å²) >= 11 is 0. The summed E-state index contributed by atoms with van der Waals surface area (Å²) in [7, 11) is 0. The highest BCUT2D eigenvalue weighted by atomic mass is 14.4. The Labute approximate surface area is 152 Å². The lowest BCUT2D eigenvalue weighted by atomic mass is 9.66. The number of nitrogens with zero attached hydrogens (tertiary/aromatic N) is 1. The Morgan fingerprint density at radius 3 is 2.16 bits per heavy atom. The summed E-state index contributed by atoms with van der Waals surface area (Å²) in [6.07, 6.45) is 6.65. The first-order chi connectivity index (χ1) is 12.2. The molecule has 3 rings (SSSR count). The Balaban J connectivity index is 1.66. The molecule has 0 aromatic heterocycles. The van der Waals surface area contributed by atoms with Crippen molar-refractivity contribution >= 4 is 0 Å². The van der Waals surface area contributed by atoms with Gasteiger partial charge in [0.1, 0.15) is 0 Å². The third kappa shape index (κ3) is 4.13. The lowest BCUT2D eigenvalue weighted by molar-refractivity contribution is 0.198. The fraction of sp³-hybridized carbons (Fsp3) is 0.458. The summed E-state index contributed by atoms with van der Waals surface area (Å²) in [6.45, 7) is 4.52. The van der Waals surface area contributed by atoms with E-state index in [1.54, 1.807) is 0 Å². The Bertz CT molecular complexity index is 700. The van der Waals surface area contributed by atoms with Crippen LogP contribution in [0.25, 0.3) is 11.1 Å². The molecule has 1 atom stereocenters. The molecular formula is C24H29N. The molecule has 1 unspecified atom stereocenters. The first-order valence-corrected chi connectivity index (χ1v) is 9.72. The van der Waals surface area contributed by atoms with Gasteiger partial charge in [-0.25, -0.2) is 0 Å². The van der Waals surface area contributed by atoms with Crippen molar-refractivity contribution in [3.05, 3.63) is 60.2 Å². The van der Waals surface area contributed by atoms with Gasteiger partial charge in [0.25, 0.3) is 0 Å². The average molecular weight is 332 g/mol. The predicted molar refractivity (Wildman–Crippen MR) is 105 cm³/mol. The van der Waals surface area contributed by atoms with E-state index < -0.39 is 0 Å². The molecule has 0 aliphatic heterocycles. The standard InChI is InChI=1S/C24H29N/c1-3-19(2)17-24(18-25)15-13-23(14-16-24)22-11-9-21(10-12-22)20-7-5-4-6-8-20/h4-12,19,23H,3,13-17H2,1-2H3. The first-order valence-electron chi connectivity index (χ1n) is 9.72. The van der Waals surface area contributed by atoms with Crippen LogP contribution >= 0.6 is 0 Å². The summed E-state index contributed by atoms with van der Waals surface area (Å²) in [6, 6.07) is 22.3. The first kappa shape index (κ1) is 17.7. The normalized spacial score (nSPS) is 24.4. The zero-order chi connectivity index (χ0) is 17.7. The molecule has 0 amide bonds. The summed E-state index contributed by atoms with van der Waals surface area (Å²) in [5.74, 6) is 1.27. The van der Waals surface area contributed by atoms with Crippen LogP contribution in [0, 0.1) is 22.7 Å². The highest BCUT2D eigenvalue weighted by Crippen LogP contribution is 2.46. The van der Waals surface area contributed by atoms with Crippen molar-refractivity contribution in [2.45, 2.75) is 58.3 Å². The van der Waals surface area contributed by atoms with Crippen LogP contribution in [0.5, 0.6) is 0 Å². The van der Waals surface area contributed by atoms with Gasteiger partial charge in [-0.3, -0.25) is 0 Å². The van der Waals surface area contributed by atoms with E-state index in [1.165, 1.54) is 23.1 Å². The summed E-state index contributed by atoms with van der Waals surface area (Å²) in [5, 5.41) is 9.76. The van der Waals surface area contributed by atoms with Crippen molar-refractivity contribution in [3.63, 3.8) is 0 Å². The lowest BCUT2D eigenvalue weighted by Gasteiger charge is -2.36. The zero-order valence-electron chi connectivity index (χ0n) is 15.5. The van der Waals surface area contributed by atoms with E-state index >= 15 is 0 Å². The Morgan fingerprint density at radius 2 is 1.60 bits per heavy atom. The molecule has 0 spiro atoms. The Kier molecular flexibility index (Phi) is 5.59. The van der Waals surface area contributed by atoms with Crippen LogP contribution in [-0.2, 0) is 0 Å². The average Bonchev–Trinajstić information content (AvgIpc) is 2.69. The van der Waals surface area contributed by atoms with Crippen molar-refractivity contribution < 1.29 is 0 Å². The molecule has 1 aliphatic carbocycles. The van der Waals surface area contributed by atoms with Crippen LogP contribution in [-0.4, -0.2) is 0 Å². The third-order valence-corrected chi connectivity index (χ3v) is 6.11. The maximum Gasteiger partial charge on any atom is 0.0689 e. The lowest BCUT2D eigenvalue weighted by Crippen LogP contribution is -2.27.